The molecule has 6 N–H and O–H groups in total. The summed E-state index contributed by atoms with van der Waals surface area (Å²) in [4.78, 5) is 12.2. The third-order valence-electron chi connectivity index (χ3n) is 5.56. The van der Waals surface area contributed by atoms with Gasteiger partial charge in [0.15, 0.2) is 0 Å². The molecule has 4 rings (SSSR count). The molecule has 160 valence electrons. The SMILES string of the molecule is Nc1ccc(C(O)C(O)CNC(=O)OCC2c3ccccc3-c3ccccc32)cc1O. The van der Waals surface area contributed by atoms with Crippen LogP contribution in [-0.4, -0.2) is 40.7 Å². The molecule has 1 aliphatic carbocycles. The van der Waals surface area contributed by atoms with E-state index in [9.17, 15) is 20.1 Å². The van der Waals surface area contributed by atoms with Gasteiger partial charge in [0.05, 0.1) is 5.69 Å². The minimum Gasteiger partial charge on any atom is -0.506 e. The molecule has 0 bridgehead atoms. The Hall–Kier alpha value is -3.55. The maximum atomic E-state index is 12.2. The highest BCUT2D eigenvalue weighted by molar-refractivity contribution is 5.79. The number of alkyl carbamates (subject to hydrolysis) is 1. The summed E-state index contributed by atoms with van der Waals surface area (Å²) >= 11 is 0. The summed E-state index contributed by atoms with van der Waals surface area (Å²) < 4.78 is 5.41. The molecule has 0 aliphatic heterocycles. The molecule has 0 saturated carbocycles. The first kappa shape index (κ1) is 20.7. The van der Waals surface area contributed by atoms with Crippen molar-refractivity contribution >= 4 is 11.8 Å². The Bertz CT molecular complexity index is 1060. The quantitative estimate of drug-likeness (QED) is 0.308. The van der Waals surface area contributed by atoms with Gasteiger partial charge in [0.1, 0.15) is 24.6 Å². The standard InChI is InChI=1S/C24H24N2O5/c25-20-10-9-14(11-21(20)27)23(29)22(28)12-26-24(30)31-13-19-17-7-3-1-5-15(17)16-6-2-4-8-18(16)19/h1-11,19,22-23,27-29H,12-13,25H2,(H,26,30). The number of nitrogen functional groups attached to an aromatic ring is 1. The Morgan fingerprint density at radius 2 is 1.61 bits per heavy atom. The minimum absolute atomic E-state index is 0.0635. The van der Waals surface area contributed by atoms with Gasteiger partial charge >= 0.3 is 6.09 Å². The lowest BCUT2D eigenvalue weighted by Gasteiger charge is -2.19. The summed E-state index contributed by atoms with van der Waals surface area (Å²) in [5, 5.41) is 32.6. The molecule has 0 spiro atoms. The van der Waals surface area contributed by atoms with Crippen LogP contribution in [0.3, 0.4) is 0 Å². The van der Waals surface area contributed by atoms with Crippen LogP contribution < -0.4 is 11.1 Å². The van der Waals surface area contributed by atoms with E-state index >= 15 is 0 Å². The molecule has 0 heterocycles. The zero-order chi connectivity index (χ0) is 22.0. The molecule has 2 unspecified atom stereocenters. The zero-order valence-corrected chi connectivity index (χ0v) is 16.7. The zero-order valence-electron chi connectivity index (χ0n) is 16.7. The normalized spacial score (nSPS) is 14.4. The van der Waals surface area contributed by atoms with Crippen molar-refractivity contribution in [3.63, 3.8) is 0 Å². The van der Waals surface area contributed by atoms with Crippen molar-refractivity contribution in [1.82, 2.24) is 5.32 Å². The number of hydrogen-bond donors (Lipinski definition) is 5. The Balaban J connectivity index is 1.34. The fourth-order valence-corrected chi connectivity index (χ4v) is 3.92. The molecular formula is C24H24N2O5. The first-order valence-electron chi connectivity index (χ1n) is 9.99. The predicted octanol–water partition coefficient (Wildman–Crippen LogP) is 2.91. The fraction of sp³-hybridized carbons (Fsp3) is 0.208. The number of rotatable bonds is 6. The summed E-state index contributed by atoms with van der Waals surface area (Å²) in [5.74, 6) is -0.250. The Morgan fingerprint density at radius 3 is 2.23 bits per heavy atom. The van der Waals surface area contributed by atoms with Crippen LogP contribution in [0, 0.1) is 0 Å². The van der Waals surface area contributed by atoms with Crippen molar-refractivity contribution in [2.45, 2.75) is 18.1 Å². The highest BCUT2D eigenvalue weighted by atomic mass is 16.5. The number of aliphatic hydroxyl groups excluding tert-OH is 2. The van der Waals surface area contributed by atoms with Crippen LogP contribution in [0.15, 0.2) is 66.7 Å². The number of nitrogens with one attached hydrogen (secondary N) is 1. The highest BCUT2D eigenvalue weighted by Gasteiger charge is 2.29. The van der Waals surface area contributed by atoms with Gasteiger partial charge in [-0.25, -0.2) is 4.79 Å². The van der Waals surface area contributed by atoms with E-state index in [0.29, 0.717) is 0 Å². The lowest BCUT2D eigenvalue weighted by atomic mass is 9.98. The lowest BCUT2D eigenvalue weighted by Crippen LogP contribution is -2.36. The maximum absolute atomic E-state index is 12.2. The van der Waals surface area contributed by atoms with Crippen LogP contribution in [0.25, 0.3) is 11.1 Å². The number of carbonyl (C=O) groups excluding carboxylic acids is 1. The molecule has 0 saturated heterocycles. The molecule has 7 nitrogen and oxygen atoms in total. The summed E-state index contributed by atoms with van der Waals surface area (Å²) in [6.45, 7) is -0.0622. The Kier molecular flexibility index (Phi) is 5.79. The topological polar surface area (TPSA) is 125 Å². The van der Waals surface area contributed by atoms with Crippen LogP contribution in [0.5, 0.6) is 5.75 Å². The van der Waals surface area contributed by atoms with Gasteiger partial charge in [0, 0.05) is 12.5 Å². The molecular weight excluding hydrogens is 396 g/mol. The number of nitrogens with two attached hydrogens (primary N) is 1. The minimum atomic E-state index is -1.31. The van der Waals surface area contributed by atoms with Gasteiger partial charge < -0.3 is 31.1 Å². The van der Waals surface area contributed by atoms with Gasteiger partial charge in [-0.1, -0.05) is 54.6 Å². The number of fused-ring (bicyclic) bond motifs is 3. The number of anilines is 1. The summed E-state index contributed by atoms with van der Waals surface area (Å²) in [6, 6.07) is 20.3. The molecule has 1 amide bonds. The molecule has 31 heavy (non-hydrogen) atoms. The number of aromatic hydroxyl groups is 1. The predicted molar refractivity (Wildman–Crippen MR) is 117 cm³/mol. The monoisotopic (exact) mass is 420 g/mol. The summed E-state index contributed by atoms with van der Waals surface area (Å²) in [7, 11) is 0. The van der Waals surface area contributed by atoms with Crippen molar-refractivity contribution in [3.8, 4) is 16.9 Å². The van der Waals surface area contributed by atoms with E-state index in [1.54, 1.807) is 0 Å². The van der Waals surface area contributed by atoms with E-state index in [4.69, 9.17) is 10.5 Å². The smallest absolute Gasteiger partial charge is 0.407 e. The third kappa shape index (κ3) is 4.19. The summed E-state index contributed by atoms with van der Waals surface area (Å²) in [5.41, 5.74) is 10.5. The first-order chi connectivity index (χ1) is 15.0. The first-order valence-corrected chi connectivity index (χ1v) is 9.99. The number of amides is 1. The highest BCUT2D eigenvalue weighted by Crippen LogP contribution is 2.44. The van der Waals surface area contributed by atoms with Crippen molar-refractivity contribution in [3.05, 3.63) is 83.4 Å². The molecule has 2 atom stereocenters. The molecule has 7 heteroatoms. The fourth-order valence-electron chi connectivity index (χ4n) is 3.92. The van der Waals surface area contributed by atoms with Crippen LogP contribution in [0.1, 0.15) is 28.7 Å². The number of aliphatic hydroxyl groups is 2. The van der Waals surface area contributed by atoms with Crippen LogP contribution in [0.4, 0.5) is 10.5 Å². The van der Waals surface area contributed by atoms with E-state index in [2.05, 4.69) is 17.4 Å². The second kappa shape index (κ2) is 8.67. The van der Waals surface area contributed by atoms with E-state index in [1.165, 1.54) is 18.2 Å². The van der Waals surface area contributed by atoms with Crippen molar-refractivity contribution in [2.75, 3.05) is 18.9 Å². The molecule has 3 aromatic rings. The van der Waals surface area contributed by atoms with Crippen LogP contribution in [-0.2, 0) is 4.74 Å². The third-order valence-corrected chi connectivity index (χ3v) is 5.56. The van der Waals surface area contributed by atoms with Gasteiger partial charge in [-0.15, -0.1) is 0 Å². The van der Waals surface area contributed by atoms with E-state index in [0.717, 1.165) is 22.3 Å². The molecule has 0 fully saturated rings. The van der Waals surface area contributed by atoms with E-state index < -0.39 is 18.3 Å². The number of phenols is 1. The second-order valence-corrected chi connectivity index (χ2v) is 7.54. The lowest BCUT2D eigenvalue weighted by molar-refractivity contribution is 0.0184. The van der Waals surface area contributed by atoms with Gasteiger partial charge in [0.25, 0.3) is 0 Å². The number of phenolic OH excluding ortho intramolecular Hbond substituents is 1. The second-order valence-electron chi connectivity index (χ2n) is 7.54. The van der Waals surface area contributed by atoms with Gasteiger partial charge in [-0.3, -0.25) is 0 Å². The van der Waals surface area contributed by atoms with Crippen molar-refractivity contribution in [2.24, 2.45) is 0 Å². The molecule has 1 aliphatic rings. The largest absolute Gasteiger partial charge is 0.506 e. The van der Waals surface area contributed by atoms with Crippen molar-refractivity contribution in [1.29, 1.82) is 0 Å². The van der Waals surface area contributed by atoms with Gasteiger partial charge in [-0.2, -0.15) is 0 Å². The Labute approximate surface area is 179 Å². The molecule has 0 radical (unpaired) electrons. The number of hydrogen-bond acceptors (Lipinski definition) is 6. The summed E-state index contributed by atoms with van der Waals surface area (Å²) in [6.07, 6.45) is -3.28. The van der Waals surface area contributed by atoms with E-state index in [1.807, 2.05) is 36.4 Å². The van der Waals surface area contributed by atoms with Gasteiger partial charge in [-0.05, 0) is 39.9 Å². The number of benzene rings is 3. The van der Waals surface area contributed by atoms with Crippen LogP contribution >= 0.6 is 0 Å². The molecule has 3 aromatic carbocycles. The maximum Gasteiger partial charge on any atom is 0.407 e. The average Bonchev–Trinajstić information content (AvgIpc) is 3.11. The Morgan fingerprint density at radius 1 is 1.00 bits per heavy atom. The van der Waals surface area contributed by atoms with E-state index in [-0.39, 0.29) is 36.1 Å². The number of carbonyl (C=O) groups is 1. The van der Waals surface area contributed by atoms with Gasteiger partial charge in [0.2, 0.25) is 0 Å². The molecule has 0 aromatic heterocycles. The van der Waals surface area contributed by atoms with Crippen molar-refractivity contribution < 1.29 is 24.9 Å². The number of ether oxygens (including phenoxy) is 1. The average molecular weight is 420 g/mol. The van der Waals surface area contributed by atoms with Crippen LogP contribution in [0.2, 0.25) is 0 Å².